The highest BCUT2D eigenvalue weighted by molar-refractivity contribution is 5.96. The van der Waals surface area contributed by atoms with E-state index in [1.807, 2.05) is 36.1 Å². The monoisotopic (exact) mass is 403 g/mol. The number of rotatable bonds is 4. The number of benzene rings is 2. The molecule has 1 aromatic heterocycles. The van der Waals surface area contributed by atoms with E-state index in [1.165, 1.54) is 5.56 Å². The summed E-state index contributed by atoms with van der Waals surface area (Å²) in [5.41, 5.74) is 6.33. The maximum Gasteiger partial charge on any atom is 0.255 e. The number of ether oxygens (including phenoxy) is 1. The first-order chi connectivity index (χ1) is 14.5. The molecule has 156 valence electrons. The van der Waals surface area contributed by atoms with Crippen molar-refractivity contribution in [1.82, 2.24) is 9.47 Å². The minimum absolute atomic E-state index is 0.118. The zero-order valence-electron chi connectivity index (χ0n) is 18.2. The molecule has 0 saturated carbocycles. The first kappa shape index (κ1) is 20.1. The van der Waals surface area contributed by atoms with Gasteiger partial charge in [0.05, 0.1) is 12.7 Å². The van der Waals surface area contributed by atoms with Crippen LogP contribution in [0.25, 0.3) is 5.69 Å². The van der Waals surface area contributed by atoms with Crippen LogP contribution in [-0.4, -0.2) is 48.7 Å². The van der Waals surface area contributed by atoms with Crippen LogP contribution in [0.15, 0.2) is 54.6 Å². The van der Waals surface area contributed by atoms with Crippen LogP contribution in [0.2, 0.25) is 0 Å². The Morgan fingerprint density at radius 1 is 0.867 bits per heavy atom. The first-order valence-corrected chi connectivity index (χ1v) is 10.4. The average molecular weight is 404 g/mol. The number of anilines is 1. The van der Waals surface area contributed by atoms with Crippen LogP contribution in [0.4, 0.5) is 5.69 Å². The Balaban J connectivity index is 1.50. The lowest BCUT2D eigenvalue weighted by molar-refractivity contribution is 0.0746. The van der Waals surface area contributed by atoms with Gasteiger partial charge in [0, 0.05) is 55.0 Å². The zero-order valence-corrected chi connectivity index (χ0v) is 18.2. The van der Waals surface area contributed by atoms with Crippen molar-refractivity contribution in [3.63, 3.8) is 0 Å². The van der Waals surface area contributed by atoms with E-state index in [9.17, 15) is 4.79 Å². The van der Waals surface area contributed by atoms with E-state index in [0.29, 0.717) is 13.1 Å². The summed E-state index contributed by atoms with van der Waals surface area (Å²) in [7, 11) is 1.68. The second-order valence-electron chi connectivity index (χ2n) is 7.94. The molecule has 0 aliphatic carbocycles. The van der Waals surface area contributed by atoms with Crippen molar-refractivity contribution in [1.29, 1.82) is 0 Å². The lowest BCUT2D eigenvalue weighted by Crippen LogP contribution is -2.48. The number of carbonyl (C=O) groups excluding carboxylic acids is 1. The standard InChI is InChI=1S/C25H29N3O2/c1-18-7-5-9-22(15-18)28-19(2)16-24(20(28)3)25(29)27-13-11-26(12-14-27)21-8-6-10-23(17-21)30-4/h5-10,15-17H,11-14H2,1-4H3. The third kappa shape index (κ3) is 3.80. The topological polar surface area (TPSA) is 37.7 Å². The van der Waals surface area contributed by atoms with Crippen molar-refractivity contribution >= 4 is 11.6 Å². The molecule has 1 aliphatic heterocycles. The van der Waals surface area contributed by atoms with Crippen molar-refractivity contribution < 1.29 is 9.53 Å². The molecule has 5 nitrogen and oxygen atoms in total. The molecular weight excluding hydrogens is 374 g/mol. The van der Waals surface area contributed by atoms with E-state index in [-0.39, 0.29) is 5.91 Å². The van der Waals surface area contributed by atoms with Crippen LogP contribution in [-0.2, 0) is 0 Å². The van der Waals surface area contributed by atoms with Crippen LogP contribution in [0, 0.1) is 20.8 Å². The maximum absolute atomic E-state index is 13.3. The van der Waals surface area contributed by atoms with Gasteiger partial charge in [-0.05, 0) is 56.7 Å². The third-order valence-corrected chi connectivity index (χ3v) is 5.91. The molecule has 2 heterocycles. The summed E-state index contributed by atoms with van der Waals surface area (Å²) in [6.07, 6.45) is 0. The van der Waals surface area contributed by atoms with Gasteiger partial charge in [0.25, 0.3) is 5.91 Å². The van der Waals surface area contributed by atoms with Gasteiger partial charge in [-0.25, -0.2) is 0 Å². The lowest BCUT2D eigenvalue weighted by Gasteiger charge is -2.36. The highest BCUT2D eigenvalue weighted by Gasteiger charge is 2.25. The Bertz CT molecular complexity index is 1060. The minimum Gasteiger partial charge on any atom is -0.497 e. The van der Waals surface area contributed by atoms with E-state index in [4.69, 9.17) is 4.74 Å². The molecule has 3 aromatic rings. The second kappa shape index (κ2) is 8.27. The fraction of sp³-hybridized carbons (Fsp3) is 0.320. The molecule has 1 aliphatic rings. The molecule has 0 radical (unpaired) electrons. The average Bonchev–Trinajstić information content (AvgIpc) is 3.07. The van der Waals surface area contributed by atoms with E-state index >= 15 is 0 Å². The van der Waals surface area contributed by atoms with Gasteiger partial charge in [0.2, 0.25) is 0 Å². The molecule has 0 atom stereocenters. The van der Waals surface area contributed by atoms with Gasteiger partial charge in [-0.3, -0.25) is 4.79 Å². The molecule has 1 fully saturated rings. The van der Waals surface area contributed by atoms with Crippen LogP contribution < -0.4 is 9.64 Å². The van der Waals surface area contributed by atoms with Gasteiger partial charge in [-0.1, -0.05) is 18.2 Å². The number of carbonyl (C=O) groups is 1. The summed E-state index contributed by atoms with van der Waals surface area (Å²) in [4.78, 5) is 17.6. The molecule has 0 N–H and O–H groups in total. The minimum atomic E-state index is 0.118. The normalized spacial score (nSPS) is 14.1. The summed E-state index contributed by atoms with van der Waals surface area (Å²) in [5.74, 6) is 0.974. The molecule has 2 aromatic carbocycles. The van der Waals surface area contributed by atoms with Gasteiger partial charge in [-0.2, -0.15) is 0 Å². The highest BCUT2D eigenvalue weighted by atomic mass is 16.5. The number of piperazine rings is 1. The Labute approximate surface area is 178 Å². The molecule has 0 spiro atoms. The van der Waals surface area contributed by atoms with Crippen molar-refractivity contribution in [3.8, 4) is 11.4 Å². The van der Waals surface area contributed by atoms with Crippen molar-refractivity contribution in [3.05, 3.63) is 77.1 Å². The van der Waals surface area contributed by atoms with Gasteiger partial charge in [0.1, 0.15) is 5.75 Å². The second-order valence-corrected chi connectivity index (χ2v) is 7.94. The van der Waals surface area contributed by atoms with Crippen molar-refractivity contribution in [2.75, 3.05) is 38.2 Å². The summed E-state index contributed by atoms with van der Waals surface area (Å²) in [5, 5.41) is 0. The summed E-state index contributed by atoms with van der Waals surface area (Å²) >= 11 is 0. The molecule has 0 bridgehead atoms. The van der Waals surface area contributed by atoms with Crippen LogP contribution >= 0.6 is 0 Å². The maximum atomic E-state index is 13.3. The van der Waals surface area contributed by atoms with E-state index in [2.05, 4.69) is 53.6 Å². The molecule has 4 rings (SSSR count). The van der Waals surface area contributed by atoms with Gasteiger partial charge in [-0.15, -0.1) is 0 Å². The van der Waals surface area contributed by atoms with Crippen molar-refractivity contribution in [2.45, 2.75) is 20.8 Å². The van der Waals surface area contributed by atoms with Crippen LogP contribution in [0.3, 0.4) is 0 Å². The number of nitrogens with zero attached hydrogens (tertiary/aromatic N) is 3. The first-order valence-electron chi connectivity index (χ1n) is 10.4. The van der Waals surface area contributed by atoms with Gasteiger partial charge in [0.15, 0.2) is 0 Å². The lowest BCUT2D eigenvalue weighted by atomic mass is 10.1. The van der Waals surface area contributed by atoms with E-state index in [1.54, 1.807) is 7.11 Å². The number of amides is 1. The number of aromatic nitrogens is 1. The van der Waals surface area contributed by atoms with Gasteiger partial charge < -0.3 is 19.1 Å². The zero-order chi connectivity index (χ0) is 21.3. The van der Waals surface area contributed by atoms with Gasteiger partial charge >= 0.3 is 0 Å². The molecule has 0 unspecified atom stereocenters. The third-order valence-electron chi connectivity index (χ3n) is 5.91. The van der Waals surface area contributed by atoms with E-state index < -0.39 is 0 Å². The summed E-state index contributed by atoms with van der Waals surface area (Å²) < 4.78 is 7.51. The fourth-order valence-corrected chi connectivity index (χ4v) is 4.29. The predicted octanol–water partition coefficient (Wildman–Crippen LogP) is 4.37. The van der Waals surface area contributed by atoms with Crippen LogP contribution in [0.1, 0.15) is 27.3 Å². The highest BCUT2D eigenvalue weighted by Crippen LogP contribution is 2.25. The van der Waals surface area contributed by atoms with E-state index in [0.717, 1.165) is 47.2 Å². The SMILES string of the molecule is COc1cccc(N2CCN(C(=O)c3cc(C)n(-c4cccc(C)c4)c3C)CC2)c1. The summed E-state index contributed by atoms with van der Waals surface area (Å²) in [6, 6.07) is 18.5. The molecule has 1 amide bonds. The molecular formula is C25H29N3O2. The molecule has 5 heteroatoms. The van der Waals surface area contributed by atoms with Crippen LogP contribution in [0.5, 0.6) is 5.75 Å². The quantitative estimate of drug-likeness (QED) is 0.649. The fourth-order valence-electron chi connectivity index (χ4n) is 4.29. The summed E-state index contributed by atoms with van der Waals surface area (Å²) in [6.45, 7) is 9.24. The predicted molar refractivity (Wildman–Crippen MR) is 121 cm³/mol. The Morgan fingerprint density at radius 3 is 2.27 bits per heavy atom. The molecule has 1 saturated heterocycles. The largest absolute Gasteiger partial charge is 0.497 e. The number of hydrogen-bond acceptors (Lipinski definition) is 3. The number of aryl methyl sites for hydroxylation is 2. The molecule has 30 heavy (non-hydrogen) atoms. The Hall–Kier alpha value is -3.21. The Morgan fingerprint density at radius 2 is 1.57 bits per heavy atom. The smallest absolute Gasteiger partial charge is 0.255 e. The Kier molecular flexibility index (Phi) is 5.53. The van der Waals surface area contributed by atoms with Crippen molar-refractivity contribution in [2.24, 2.45) is 0 Å². The number of hydrogen-bond donors (Lipinski definition) is 0. The number of methoxy groups -OCH3 is 1.